The Bertz CT molecular complexity index is 796. The quantitative estimate of drug-likeness (QED) is 0.490. The number of nitrogens with zero attached hydrogens (tertiary/aromatic N) is 2. The van der Waals surface area contributed by atoms with Gasteiger partial charge in [0.25, 0.3) is 0 Å². The van der Waals surface area contributed by atoms with E-state index >= 15 is 0 Å². The van der Waals surface area contributed by atoms with Crippen molar-refractivity contribution in [3.63, 3.8) is 0 Å². The number of carboxylic acid groups (broad SMARTS) is 1. The standard InChI is InChI=1S/C17H19ClN4O3/c1-19-12-7-11(16(18)22-14(12)9-23)5-3-4-10-6-13(20-2)15(17(24)25)21-8-10/h6-9,19-20H,3-5H2,1-2H3,(H,24,25). The van der Waals surface area contributed by atoms with Crippen molar-refractivity contribution in [2.45, 2.75) is 19.3 Å². The minimum Gasteiger partial charge on any atom is -0.476 e. The van der Waals surface area contributed by atoms with E-state index in [2.05, 4.69) is 20.6 Å². The molecule has 0 spiro atoms. The summed E-state index contributed by atoms with van der Waals surface area (Å²) in [6.45, 7) is 0. The van der Waals surface area contributed by atoms with E-state index in [1.54, 1.807) is 26.4 Å². The molecule has 0 aliphatic heterocycles. The van der Waals surface area contributed by atoms with Crippen LogP contribution < -0.4 is 10.6 Å². The molecule has 0 aromatic carbocycles. The predicted octanol–water partition coefficient (Wildman–Crippen LogP) is 2.90. The SMILES string of the molecule is CNc1cc(CCCc2cnc(C(=O)O)c(NC)c2)c(Cl)nc1C=O. The molecule has 132 valence electrons. The van der Waals surface area contributed by atoms with Gasteiger partial charge in [-0.25, -0.2) is 14.8 Å². The van der Waals surface area contributed by atoms with Crippen LogP contribution in [0.3, 0.4) is 0 Å². The molecule has 0 radical (unpaired) electrons. The van der Waals surface area contributed by atoms with Crippen molar-refractivity contribution in [1.29, 1.82) is 0 Å². The number of aldehydes is 1. The summed E-state index contributed by atoms with van der Waals surface area (Å²) in [5, 5.41) is 15.2. The number of anilines is 2. The summed E-state index contributed by atoms with van der Waals surface area (Å²) in [5.74, 6) is -1.07. The Labute approximate surface area is 150 Å². The summed E-state index contributed by atoms with van der Waals surface area (Å²) in [7, 11) is 3.38. The summed E-state index contributed by atoms with van der Waals surface area (Å²) >= 11 is 6.14. The fourth-order valence-corrected chi connectivity index (χ4v) is 2.74. The monoisotopic (exact) mass is 362 g/mol. The average molecular weight is 363 g/mol. The summed E-state index contributed by atoms with van der Waals surface area (Å²) in [4.78, 5) is 30.1. The van der Waals surface area contributed by atoms with E-state index in [4.69, 9.17) is 16.7 Å². The van der Waals surface area contributed by atoms with Crippen LogP contribution in [-0.2, 0) is 12.8 Å². The number of hydrogen-bond acceptors (Lipinski definition) is 6. The first-order valence-electron chi connectivity index (χ1n) is 7.72. The predicted molar refractivity (Wildman–Crippen MR) is 96.9 cm³/mol. The molecule has 25 heavy (non-hydrogen) atoms. The molecule has 0 amide bonds. The smallest absolute Gasteiger partial charge is 0.356 e. The van der Waals surface area contributed by atoms with Gasteiger partial charge in [-0.3, -0.25) is 4.79 Å². The van der Waals surface area contributed by atoms with E-state index in [0.717, 1.165) is 17.5 Å². The van der Waals surface area contributed by atoms with Crippen LogP contribution in [0.2, 0.25) is 5.15 Å². The largest absolute Gasteiger partial charge is 0.476 e. The molecule has 2 rings (SSSR count). The second-order valence-corrected chi connectivity index (χ2v) is 5.75. The van der Waals surface area contributed by atoms with Gasteiger partial charge >= 0.3 is 5.97 Å². The van der Waals surface area contributed by atoms with Crippen molar-refractivity contribution in [3.8, 4) is 0 Å². The van der Waals surface area contributed by atoms with E-state index < -0.39 is 5.97 Å². The van der Waals surface area contributed by atoms with Crippen LogP contribution in [0.25, 0.3) is 0 Å². The van der Waals surface area contributed by atoms with Crippen molar-refractivity contribution < 1.29 is 14.7 Å². The number of rotatable bonds is 8. The molecule has 2 aromatic rings. The number of carbonyl (C=O) groups excluding carboxylic acids is 1. The van der Waals surface area contributed by atoms with Gasteiger partial charge in [0, 0.05) is 20.3 Å². The van der Waals surface area contributed by atoms with Crippen molar-refractivity contribution in [2.75, 3.05) is 24.7 Å². The lowest BCUT2D eigenvalue weighted by atomic mass is 10.0. The van der Waals surface area contributed by atoms with Crippen LogP contribution in [0.15, 0.2) is 18.3 Å². The minimum atomic E-state index is -1.07. The zero-order chi connectivity index (χ0) is 18.4. The molecule has 0 saturated heterocycles. The molecule has 3 N–H and O–H groups in total. The highest BCUT2D eigenvalue weighted by atomic mass is 35.5. The second kappa shape index (κ2) is 8.43. The van der Waals surface area contributed by atoms with Gasteiger partial charge in [0.1, 0.15) is 10.8 Å². The number of carboxylic acids is 1. The number of aromatic carboxylic acids is 1. The van der Waals surface area contributed by atoms with Gasteiger partial charge in [0.05, 0.1) is 11.4 Å². The third-order valence-electron chi connectivity index (χ3n) is 3.79. The Morgan fingerprint density at radius 3 is 2.56 bits per heavy atom. The molecule has 2 aromatic heterocycles. The maximum absolute atomic E-state index is 11.1. The molecule has 8 heteroatoms. The van der Waals surface area contributed by atoms with E-state index in [0.29, 0.717) is 35.7 Å². The molecule has 7 nitrogen and oxygen atoms in total. The summed E-state index contributed by atoms with van der Waals surface area (Å²) in [5.41, 5.74) is 3.18. The highest BCUT2D eigenvalue weighted by Gasteiger charge is 2.12. The van der Waals surface area contributed by atoms with Gasteiger partial charge in [-0.1, -0.05) is 11.6 Å². The maximum Gasteiger partial charge on any atom is 0.356 e. The Kier molecular flexibility index (Phi) is 6.30. The molecule has 2 heterocycles. The molecule has 0 aliphatic rings. The fraction of sp³-hybridized carbons (Fsp3) is 0.294. The molecule has 0 unspecified atom stereocenters. The van der Waals surface area contributed by atoms with Crippen LogP contribution in [0.5, 0.6) is 0 Å². The Balaban J connectivity index is 2.08. The molecule has 0 saturated carbocycles. The summed E-state index contributed by atoms with van der Waals surface area (Å²) < 4.78 is 0. The Morgan fingerprint density at radius 1 is 1.24 bits per heavy atom. The fourth-order valence-electron chi connectivity index (χ4n) is 2.50. The molecule has 0 bridgehead atoms. The van der Waals surface area contributed by atoms with Gasteiger partial charge in [-0.05, 0) is 42.5 Å². The number of pyridine rings is 2. The van der Waals surface area contributed by atoms with Crippen LogP contribution in [0.1, 0.15) is 38.5 Å². The third-order valence-corrected chi connectivity index (χ3v) is 4.11. The van der Waals surface area contributed by atoms with Gasteiger partial charge in [-0.2, -0.15) is 0 Å². The van der Waals surface area contributed by atoms with Crippen LogP contribution in [0.4, 0.5) is 11.4 Å². The van der Waals surface area contributed by atoms with Crippen LogP contribution in [0, 0.1) is 0 Å². The first kappa shape index (κ1) is 18.7. The number of halogens is 1. The van der Waals surface area contributed by atoms with Crippen LogP contribution in [-0.4, -0.2) is 41.4 Å². The lowest BCUT2D eigenvalue weighted by Gasteiger charge is -2.10. The summed E-state index contributed by atoms with van der Waals surface area (Å²) in [6.07, 6.45) is 4.40. The Morgan fingerprint density at radius 2 is 1.96 bits per heavy atom. The van der Waals surface area contributed by atoms with Crippen molar-refractivity contribution in [2.24, 2.45) is 0 Å². The molecular formula is C17H19ClN4O3. The maximum atomic E-state index is 11.1. The normalized spacial score (nSPS) is 10.4. The minimum absolute atomic E-state index is 0.00149. The van der Waals surface area contributed by atoms with Crippen molar-refractivity contribution >= 4 is 35.2 Å². The first-order chi connectivity index (χ1) is 12.0. The lowest BCUT2D eigenvalue weighted by Crippen LogP contribution is -2.07. The first-order valence-corrected chi connectivity index (χ1v) is 8.10. The number of aryl methyl sites for hydroxylation is 2. The van der Waals surface area contributed by atoms with E-state index in [1.807, 2.05) is 6.07 Å². The van der Waals surface area contributed by atoms with Crippen LogP contribution >= 0.6 is 11.6 Å². The zero-order valence-corrected chi connectivity index (χ0v) is 14.7. The number of nitrogens with one attached hydrogen (secondary N) is 2. The topological polar surface area (TPSA) is 104 Å². The average Bonchev–Trinajstić information content (AvgIpc) is 2.62. The molecule has 0 aliphatic carbocycles. The third kappa shape index (κ3) is 4.45. The Hall–Kier alpha value is -2.67. The van der Waals surface area contributed by atoms with Gasteiger partial charge < -0.3 is 15.7 Å². The number of carbonyl (C=O) groups is 2. The van der Waals surface area contributed by atoms with E-state index in [-0.39, 0.29) is 11.4 Å². The number of hydrogen-bond donors (Lipinski definition) is 3. The molecule has 0 atom stereocenters. The zero-order valence-electron chi connectivity index (χ0n) is 14.0. The van der Waals surface area contributed by atoms with Gasteiger partial charge in [0.15, 0.2) is 12.0 Å². The second-order valence-electron chi connectivity index (χ2n) is 5.39. The van der Waals surface area contributed by atoms with Crippen molar-refractivity contribution in [1.82, 2.24) is 9.97 Å². The van der Waals surface area contributed by atoms with E-state index in [1.165, 1.54) is 0 Å². The van der Waals surface area contributed by atoms with E-state index in [9.17, 15) is 9.59 Å². The van der Waals surface area contributed by atoms with Gasteiger partial charge in [-0.15, -0.1) is 0 Å². The molecular weight excluding hydrogens is 344 g/mol. The van der Waals surface area contributed by atoms with Crippen molar-refractivity contribution in [3.05, 3.63) is 46.0 Å². The summed E-state index contributed by atoms with van der Waals surface area (Å²) in [6, 6.07) is 3.61. The molecule has 0 fully saturated rings. The highest BCUT2D eigenvalue weighted by molar-refractivity contribution is 6.30. The lowest BCUT2D eigenvalue weighted by molar-refractivity contribution is 0.0691. The van der Waals surface area contributed by atoms with Gasteiger partial charge in [0.2, 0.25) is 0 Å². The highest BCUT2D eigenvalue weighted by Crippen LogP contribution is 2.23. The number of aromatic nitrogens is 2.